The summed E-state index contributed by atoms with van der Waals surface area (Å²) in [6.07, 6.45) is 5.35. The Hall–Kier alpha value is -2.18. The fourth-order valence-corrected chi connectivity index (χ4v) is 1.59. The quantitative estimate of drug-likeness (QED) is 0.797. The van der Waals surface area contributed by atoms with Gasteiger partial charge in [-0.25, -0.2) is 4.98 Å². The molecule has 2 heterocycles. The summed E-state index contributed by atoms with van der Waals surface area (Å²) < 4.78 is 1.62. The molecule has 2 aromatic rings. The minimum absolute atomic E-state index is 0.0833. The molecule has 0 aliphatic rings. The Labute approximate surface area is 105 Å². The Bertz CT molecular complexity index is 489. The molecule has 0 aliphatic carbocycles. The van der Waals surface area contributed by atoms with Crippen LogP contribution in [-0.2, 0) is 17.8 Å². The van der Waals surface area contributed by atoms with E-state index in [-0.39, 0.29) is 5.91 Å². The minimum atomic E-state index is -0.0833. The highest BCUT2D eigenvalue weighted by molar-refractivity contribution is 5.89. The molecule has 0 fully saturated rings. The lowest BCUT2D eigenvalue weighted by molar-refractivity contribution is -0.116. The van der Waals surface area contributed by atoms with Crippen molar-refractivity contribution in [2.75, 3.05) is 5.32 Å². The summed E-state index contributed by atoms with van der Waals surface area (Å²) in [5.41, 5.74) is 1.03. The summed E-state index contributed by atoms with van der Waals surface area (Å²) in [6.45, 7) is 2.61. The number of aryl methyl sites for hydroxylation is 2. The third-order valence-electron chi connectivity index (χ3n) is 2.45. The standard InChI is InChI=1S/C11H16N6O/c1-2-3-9-6-10(16-15-9)14-11(18)4-5-17-8-12-7-13-17/h6-8H,2-5H2,1H3,(H2,14,15,16,18). The number of aromatic amines is 1. The molecule has 96 valence electrons. The number of hydrogen-bond donors (Lipinski definition) is 2. The van der Waals surface area contributed by atoms with Crippen molar-refractivity contribution < 1.29 is 4.79 Å². The fraction of sp³-hybridized carbons (Fsp3) is 0.455. The number of aromatic nitrogens is 5. The molecule has 0 spiro atoms. The van der Waals surface area contributed by atoms with Crippen molar-refractivity contribution >= 4 is 11.7 Å². The Morgan fingerprint density at radius 1 is 1.56 bits per heavy atom. The number of nitrogens with zero attached hydrogens (tertiary/aromatic N) is 4. The molecule has 0 atom stereocenters. The highest BCUT2D eigenvalue weighted by atomic mass is 16.1. The average molecular weight is 248 g/mol. The zero-order valence-corrected chi connectivity index (χ0v) is 10.3. The zero-order valence-electron chi connectivity index (χ0n) is 10.3. The van der Waals surface area contributed by atoms with Gasteiger partial charge in [-0.2, -0.15) is 10.2 Å². The molecule has 2 N–H and O–H groups in total. The van der Waals surface area contributed by atoms with Crippen molar-refractivity contribution in [3.8, 4) is 0 Å². The van der Waals surface area contributed by atoms with Crippen LogP contribution in [0.25, 0.3) is 0 Å². The molecule has 2 aromatic heterocycles. The van der Waals surface area contributed by atoms with Crippen molar-refractivity contribution in [3.63, 3.8) is 0 Å². The van der Waals surface area contributed by atoms with E-state index < -0.39 is 0 Å². The molecule has 0 aliphatic heterocycles. The van der Waals surface area contributed by atoms with Crippen LogP contribution in [0, 0.1) is 0 Å². The first-order valence-corrected chi connectivity index (χ1v) is 5.94. The molecule has 0 aromatic carbocycles. The monoisotopic (exact) mass is 248 g/mol. The van der Waals surface area contributed by atoms with Crippen LogP contribution in [0.1, 0.15) is 25.5 Å². The third-order valence-corrected chi connectivity index (χ3v) is 2.45. The van der Waals surface area contributed by atoms with Crippen molar-refractivity contribution in [3.05, 3.63) is 24.4 Å². The van der Waals surface area contributed by atoms with E-state index in [2.05, 4.69) is 32.5 Å². The molecule has 2 rings (SSSR count). The normalized spacial score (nSPS) is 10.5. The van der Waals surface area contributed by atoms with E-state index in [1.165, 1.54) is 6.33 Å². The van der Waals surface area contributed by atoms with Gasteiger partial charge in [-0.05, 0) is 6.42 Å². The van der Waals surface area contributed by atoms with Crippen LogP contribution in [-0.4, -0.2) is 30.9 Å². The number of anilines is 1. The second-order valence-electron chi connectivity index (χ2n) is 3.99. The summed E-state index contributed by atoms with van der Waals surface area (Å²) in [6, 6.07) is 1.86. The van der Waals surface area contributed by atoms with Crippen LogP contribution in [0.4, 0.5) is 5.82 Å². The van der Waals surface area contributed by atoms with Crippen molar-refractivity contribution in [1.82, 2.24) is 25.0 Å². The molecular formula is C11H16N6O. The van der Waals surface area contributed by atoms with Gasteiger partial charge in [0.25, 0.3) is 0 Å². The zero-order chi connectivity index (χ0) is 12.8. The van der Waals surface area contributed by atoms with Crippen molar-refractivity contribution in [2.45, 2.75) is 32.7 Å². The van der Waals surface area contributed by atoms with E-state index >= 15 is 0 Å². The Kier molecular flexibility index (Phi) is 4.06. The van der Waals surface area contributed by atoms with Crippen molar-refractivity contribution in [2.24, 2.45) is 0 Å². The number of amides is 1. The lowest BCUT2D eigenvalue weighted by Gasteiger charge is -2.01. The van der Waals surface area contributed by atoms with Gasteiger partial charge in [0.1, 0.15) is 12.7 Å². The maximum atomic E-state index is 11.6. The predicted molar refractivity (Wildman–Crippen MR) is 65.9 cm³/mol. The molecule has 1 amide bonds. The van der Waals surface area contributed by atoms with Gasteiger partial charge in [0.2, 0.25) is 5.91 Å². The molecule has 0 radical (unpaired) electrons. The summed E-state index contributed by atoms with van der Waals surface area (Å²) in [4.78, 5) is 15.5. The SMILES string of the molecule is CCCc1cc(NC(=O)CCn2cncn2)n[nH]1. The van der Waals surface area contributed by atoms with Crippen molar-refractivity contribution in [1.29, 1.82) is 0 Å². The first kappa shape index (κ1) is 12.3. The number of rotatable bonds is 6. The van der Waals surface area contributed by atoms with E-state index in [4.69, 9.17) is 0 Å². The number of H-pyrrole nitrogens is 1. The Morgan fingerprint density at radius 3 is 3.17 bits per heavy atom. The van der Waals surface area contributed by atoms with Gasteiger partial charge in [-0.15, -0.1) is 0 Å². The van der Waals surface area contributed by atoms with E-state index in [9.17, 15) is 4.79 Å². The number of nitrogens with one attached hydrogen (secondary N) is 2. The molecule has 0 bridgehead atoms. The van der Waals surface area contributed by atoms with Crippen LogP contribution in [0.15, 0.2) is 18.7 Å². The Morgan fingerprint density at radius 2 is 2.44 bits per heavy atom. The largest absolute Gasteiger partial charge is 0.309 e. The lowest BCUT2D eigenvalue weighted by atomic mass is 10.2. The summed E-state index contributed by atoms with van der Waals surface area (Å²) in [7, 11) is 0. The third kappa shape index (κ3) is 3.41. The molecule has 0 saturated carbocycles. The van der Waals surface area contributed by atoms with Gasteiger partial charge in [-0.1, -0.05) is 13.3 Å². The fourth-order valence-electron chi connectivity index (χ4n) is 1.59. The number of carbonyl (C=O) groups excluding carboxylic acids is 1. The second kappa shape index (κ2) is 5.95. The number of carbonyl (C=O) groups is 1. The summed E-state index contributed by atoms with van der Waals surface area (Å²) >= 11 is 0. The predicted octanol–water partition coefficient (Wildman–Crippen LogP) is 0.982. The lowest BCUT2D eigenvalue weighted by Crippen LogP contribution is -2.14. The highest BCUT2D eigenvalue weighted by Crippen LogP contribution is 2.07. The Balaban J connectivity index is 1.79. The van der Waals surface area contributed by atoms with Gasteiger partial charge >= 0.3 is 0 Å². The van der Waals surface area contributed by atoms with Crippen LogP contribution in [0.3, 0.4) is 0 Å². The average Bonchev–Trinajstić information content (AvgIpc) is 2.99. The molecule has 7 nitrogen and oxygen atoms in total. The first-order valence-electron chi connectivity index (χ1n) is 5.94. The van der Waals surface area contributed by atoms with Gasteiger partial charge in [0.15, 0.2) is 5.82 Å². The van der Waals surface area contributed by atoms with Gasteiger partial charge in [0, 0.05) is 18.2 Å². The van der Waals surface area contributed by atoms with E-state index in [0.717, 1.165) is 18.5 Å². The van der Waals surface area contributed by atoms with Crippen LogP contribution >= 0.6 is 0 Å². The maximum Gasteiger partial charge on any atom is 0.227 e. The van der Waals surface area contributed by atoms with Gasteiger partial charge < -0.3 is 5.32 Å². The first-order chi connectivity index (χ1) is 8.78. The highest BCUT2D eigenvalue weighted by Gasteiger charge is 2.06. The van der Waals surface area contributed by atoms with E-state index in [0.29, 0.717) is 18.8 Å². The van der Waals surface area contributed by atoms with Crippen LogP contribution in [0.5, 0.6) is 0 Å². The molecule has 0 saturated heterocycles. The molecule has 7 heteroatoms. The summed E-state index contributed by atoms with van der Waals surface area (Å²) in [5.74, 6) is 0.488. The molecular weight excluding hydrogens is 232 g/mol. The smallest absolute Gasteiger partial charge is 0.227 e. The van der Waals surface area contributed by atoms with Gasteiger partial charge in [0.05, 0.1) is 6.54 Å². The van der Waals surface area contributed by atoms with Crippen LogP contribution in [0.2, 0.25) is 0 Å². The summed E-state index contributed by atoms with van der Waals surface area (Å²) in [5, 5.41) is 13.6. The topological polar surface area (TPSA) is 88.5 Å². The maximum absolute atomic E-state index is 11.6. The second-order valence-corrected chi connectivity index (χ2v) is 3.99. The van der Waals surface area contributed by atoms with Gasteiger partial charge in [-0.3, -0.25) is 14.6 Å². The van der Waals surface area contributed by atoms with E-state index in [1.807, 2.05) is 6.07 Å². The molecule has 0 unspecified atom stereocenters. The van der Waals surface area contributed by atoms with Crippen LogP contribution < -0.4 is 5.32 Å². The molecule has 18 heavy (non-hydrogen) atoms. The minimum Gasteiger partial charge on any atom is -0.309 e. The number of hydrogen-bond acceptors (Lipinski definition) is 4. The van der Waals surface area contributed by atoms with E-state index in [1.54, 1.807) is 11.0 Å².